The first-order valence-electron chi connectivity index (χ1n) is 8.40. The Hall–Kier alpha value is -3.44. The van der Waals surface area contributed by atoms with Crippen molar-refractivity contribution in [2.75, 3.05) is 20.5 Å². The molecule has 0 aromatic heterocycles. The molecule has 0 fully saturated rings. The smallest absolute Gasteiger partial charge is 0.438 e. The number of hydrogen-bond acceptors (Lipinski definition) is 9. The van der Waals surface area contributed by atoms with Crippen molar-refractivity contribution in [1.29, 1.82) is 0 Å². The molecule has 0 aliphatic heterocycles. The van der Waals surface area contributed by atoms with Crippen molar-refractivity contribution in [2.45, 2.75) is 0 Å². The highest BCUT2D eigenvalue weighted by Gasteiger charge is 2.30. The van der Waals surface area contributed by atoms with Gasteiger partial charge in [0, 0.05) is 16.1 Å². The molecule has 2 aromatic rings. The first kappa shape index (κ1) is 23.8. The molecular formula is C19H17ClN2O8S. The lowest BCUT2D eigenvalue weighted by Gasteiger charge is -2.16. The molecule has 0 atom stereocenters. The monoisotopic (exact) mass is 468 g/mol. The summed E-state index contributed by atoms with van der Waals surface area (Å²) in [6.07, 6.45) is -0.326. The van der Waals surface area contributed by atoms with E-state index in [1.54, 1.807) is 24.3 Å². The van der Waals surface area contributed by atoms with Crippen molar-refractivity contribution >= 4 is 45.4 Å². The molecule has 0 aliphatic rings. The van der Waals surface area contributed by atoms with E-state index < -0.39 is 28.1 Å². The third kappa shape index (κ3) is 6.52. The fraction of sp³-hybridized carbons (Fsp3) is 0.158. The predicted molar refractivity (Wildman–Crippen MR) is 110 cm³/mol. The Morgan fingerprint density at radius 1 is 0.903 bits per heavy atom. The van der Waals surface area contributed by atoms with Crippen molar-refractivity contribution in [2.24, 2.45) is 5.10 Å². The number of hydrogen-bond donors (Lipinski definition) is 0. The quantitative estimate of drug-likeness (QED) is 0.215. The van der Waals surface area contributed by atoms with Gasteiger partial charge in [-0.15, -0.1) is 5.01 Å². The molecule has 0 saturated carbocycles. The summed E-state index contributed by atoms with van der Waals surface area (Å²) in [6, 6.07) is 11.9. The second kappa shape index (κ2) is 10.0. The van der Waals surface area contributed by atoms with Crippen molar-refractivity contribution in [3.63, 3.8) is 0 Å². The zero-order valence-electron chi connectivity index (χ0n) is 16.6. The number of esters is 1. The van der Waals surface area contributed by atoms with E-state index in [1.165, 1.54) is 24.3 Å². The van der Waals surface area contributed by atoms with Crippen LogP contribution in [0.5, 0.6) is 5.75 Å². The molecule has 164 valence electrons. The summed E-state index contributed by atoms with van der Waals surface area (Å²) in [5.41, 5.74) is 0.854. The van der Waals surface area contributed by atoms with Crippen LogP contribution in [0.2, 0.25) is 5.02 Å². The van der Waals surface area contributed by atoms with Gasteiger partial charge in [-0.25, -0.2) is 9.59 Å². The topological polar surface area (TPSA) is 129 Å². The molecule has 12 heteroatoms. The number of ether oxygens (including phenoxy) is 2. The summed E-state index contributed by atoms with van der Waals surface area (Å²) in [7, 11) is -1.75. The van der Waals surface area contributed by atoms with Crippen molar-refractivity contribution in [3.8, 4) is 5.75 Å². The van der Waals surface area contributed by atoms with Gasteiger partial charge in [0.05, 0.1) is 26.2 Å². The molecule has 2 amide bonds. The van der Waals surface area contributed by atoms with E-state index in [2.05, 4.69) is 14.6 Å². The van der Waals surface area contributed by atoms with E-state index in [-0.39, 0.29) is 16.5 Å². The highest BCUT2D eigenvalue weighted by molar-refractivity contribution is 7.86. The lowest BCUT2D eigenvalue weighted by molar-refractivity contribution is -0.157. The summed E-state index contributed by atoms with van der Waals surface area (Å²) < 4.78 is 36.3. The van der Waals surface area contributed by atoms with E-state index in [0.717, 1.165) is 20.5 Å². The molecule has 0 spiro atoms. The summed E-state index contributed by atoms with van der Waals surface area (Å²) in [5, 5.41) is 4.66. The van der Waals surface area contributed by atoms with Gasteiger partial charge in [-0.1, -0.05) is 23.7 Å². The van der Waals surface area contributed by atoms with E-state index in [0.29, 0.717) is 16.1 Å². The summed E-state index contributed by atoms with van der Waals surface area (Å²) in [5.74, 6) is -2.67. The second-order valence-electron chi connectivity index (χ2n) is 5.85. The number of hydrazone groups is 1. The van der Waals surface area contributed by atoms with Crippen molar-refractivity contribution in [1.82, 2.24) is 5.01 Å². The number of carbonyl (C=O) groups is 3. The standard InChI is InChI=1S/C19H17ClN2O8S/c1-28-18(24)17(23)22(19(25)29-2)21-16(12-4-8-14(20)9-5-12)13-6-10-15(11-7-13)30-31(3,26)27/h4-11H,1-3H3. The summed E-state index contributed by atoms with van der Waals surface area (Å²) in [4.78, 5) is 36.0. The van der Waals surface area contributed by atoms with E-state index in [9.17, 15) is 22.8 Å². The molecule has 0 radical (unpaired) electrons. The number of methoxy groups -OCH3 is 2. The molecule has 0 saturated heterocycles. The molecule has 0 N–H and O–H groups in total. The first-order chi connectivity index (χ1) is 14.6. The zero-order valence-corrected chi connectivity index (χ0v) is 18.1. The fourth-order valence-electron chi connectivity index (χ4n) is 2.26. The predicted octanol–water partition coefficient (Wildman–Crippen LogP) is 2.20. The van der Waals surface area contributed by atoms with Crippen LogP contribution >= 0.6 is 11.6 Å². The maximum atomic E-state index is 12.3. The Morgan fingerprint density at radius 3 is 1.87 bits per heavy atom. The van der Waals surface area contributed by atoms with Gasteiger partial charge in [-0.3, -0.25) is 4.79 Å². The van der Waals surface area contributed by atoms with Crippen LogP contribution in [0.15, 0.2) is 53.6 Å². The molecule has 10 nitrogen and oxygen atoms in total. The number of rotatable bonds is 5. The van der Waals surface area contributed by atoms with E-state index in [1.807, 2.05) is 0 Å². The molecule has 0 unspecified atom stereocenters. The summed E-state index contributed by atoms with van der Waals surface area (Å²) >= 11 is 5.92. The van der Waals surface area contributed by atoms with Gasteiger partial charge in [-0.05, 0) is 36.4 Å². The van der Waals surface area contributed by atoms with Gasteiger partial charge in [0.1, 0.15) is 5.75 Å². The zero-order chi connectivity index (χ0) is 23.2. The number of benzene rings is 2. The number of imide groups is 1. The Morgan fingerprint density at radius 2 is 1.42 bits per heavy atom. The summed E-state index contributed by atoms with van der Waals surface area (Å²) in [6.45, 7) is 0. The third-order valence-corrected chi connectivity index (χ3v) is 4.34. The molecule has 0 bridgehead atoms. The van der Waals surface area contributed by atoms with Crippen LogP contribution in [0, 0.1) is 0 Å². The molecule has 0 heterocycles. The minimum absolute atomic E-state index is 0.0390. The number of halogens is 1. The number of carbonyl (C=O) groups excluding carboxylic acids is 3. The van der Waals surface area contributed by atoms with Gasteiger partial charge in [-0.2, -0.15) is 13.5 Å². The van der Waals surface area contributed by atoms with Gasteiger partial charge >= 0.3 is 28.1 Å². The minimum atomic E-state index is -3.73. The maximum absolute atomic E-state index is 12.3. The van der Waals surface area contributed by atoms with Crippen LogP contribution in [-0.2, 0) is 29.2 Å². The van der Waals surface area contributed by atoms with Crippen LogP contribution in [0.3, 0.4) is 0 Å². The van der Waals surface area contributed by atoms with E-state index in [4.69, 9.17) is 15.8 Å². The Kier molecular flexibility index (Phi) is 7.72. The minimum Gasteiger partial charge on any atom is -0.462 e. The Balaban J connectivity index is 2.61. The van der Waals surface area contributed by atoms with Crippen LogP contribution in [0.25, 0.3) is 0 Å². The Bertz CT molecular complexity index is 1110. The molecular weight excluding hydrogens is 452 g/mol. The molecule has 0 aliphatic carbocycles. The normalized spacial score (nSPS) is 11.4. The fourth-order valence-corrected chi connectivity index (χ4v) is 2.85. The number of nitrogens with zero attached hydrogens (tertiary/aromatic N) is 2. The van der Waals surface area contributed by atoms with Gasteiger partial charge in [0.25, 0.3) is 0 Å². The SMILES string of the molecule is COC(=O)C(=O)N(N=C(c1ccc(Cl)cc1)c1ccc(OS(C)(=O)=O)cc1)C(=O)OC. The Labute approximate surface area is 183 Å². The molecule has 2 aromatic carbocycles. The average molecular weight is 469 g/mol. The van der Waals surface area contributed by atoms with Gasteiger partial charge in [0.15, 0.2) is 0 Å². The highest BCUT2D eigenvalue weighted by Crippen LogP contribution is 2.20. The van der Waals surface area contributed by atoms with Crippen LogP contribution < -0.4 is 4.18 Å². The third-order valence-electron chi connectivity index (χ3n) is 3.59. The largest absolute Gasteiger partial charge is 0.462 e. The molecule has 2 rings (SSSR count). The second-order valence-corrected chi connectivity index (χ2v) is 7.86. The average Bonchev–Trinajstić information content (AvgIpc) is 2.73. The highest BCUT2D eigenvalue weighted by atomic mass is 35.5. The lowest BCUT2D eigenvalue weighted by atomic mass is 10.0. The van der Waals surface area contributed by atoms with Crippen LogP contribution in [0.4, 0.5) is 4.79 Å². The first-order valence-corrected chi connectivity index (χ1v) is 10.6. The lowest BCUT2D eigenvalue weighted by Crippen LogP contribution is -2.39. The number of amides is 2. The van der Waals surface area contributed by atoms with Crippen molar-refractivity contribution < 1.29 is 36.5 Å². The molecule has 31 heavy (non-hydrogen) atoms. The van der Waals surface area contributed by atoms with Crippen LogP contribution in [0.1, 0.15) is 11.1 Å². The van der Waals surface area contributed by atoms with E-state index >= 15 is 0 Å². The van der Waals surface area contributed by atoms with Crippen LogP contribution in [-0.4, -0.2) is 57.6 Å². The van der Waals surface area contributed by atoms with Crippen molar-refractivity contribution in [3.05, 3.63) is 64.7 Å². The maximum Gasteiger partial charge on any atom is 0.438 e. The van der Waals surface area contributed by atoms with Gasteiger partial charge < -0.3 is 13.7 Å². The van der Waals surface area contributed by atoms with Gasteiger partial charge in [0.2, 0.25) is 0 Å².